The second-order valence-corrected chi connectivity index (χ2v) is 9.67. The van der Waals surface area contributed by atoms with Crippen LogP contribution in [-0.4, -0.2) is 23.5 Å². The Hall–Kier alpha value is -5.39. The molecule has 5 aromatic rings. The Morgan fingerprint density at radius 2 is 1.64 bits per heavy atom. The highest BCUT2D eigenvalue weighted by molar-refractivity contribution is 6.03. The number of rotatable bonds is 11. The van der Waals surface area contributed by atoms with E-state index in [9.17, 15) is 10.1 Å². The zero-order valence-electron chi connectivity index (χ0n) is 23.2. The summed E-state index contributed by atoms with van der Waals surface area (Å²) in [5.41, 5.74) is 11.0. The molecule has 1 aromatic heterocycles. The molecule has 4 N–H and O–H groups in total. The lowest BCUT2D eigenvalue weighted by molar-refractivity contribution is -0.117. The lowest BCUT2D eigenvalue weighted by Crippen LogP contribution is -2.37. The summed E-state index contributed by atoms with van der Waals surface area (Å²) in [4.78, 5) is 17.6. The first-order chi connectivity index (χ1) is 20.5. The van der Waals surface area contributed by atoms with Crippen molar-refractivity contribution in [3.8, 4) is 17.6 Å². The maximum atomic E-state index is 13.1. The summed E-state index contributed by atoms with van der Waals surface area (Å²) < 4.78 is 11.7. The second-order valence-electron chi connectivity index (χ2n) is 9.67. The fraction of sp³-hybridized carbons (Fsp3) is 0.147. The average molecular weight is 558 g/mol. The van der Waals surface area contributed by atoms with Gasteiger partial charge in [0.15, 0.2) is 0 Å². The number of carbonyl (C=O) groups excluding carboxylic acids is 1. The summed E-state index contributed by atoms with van der Waals surface area (Å²) in [5.74, 6) is 0.847. The molecule has 0 radical (unpaired) electrons. The van der Waals surface area contributed by atoms with Gasteiger partial charge in [0.2, 0.25) is 5.91 Å². The van der Waals surface area contributed by atoms with E-state index in [4.69, 9.17) is 15.2 Å². The van der Waals surface area contributed by atoms with E-state index < -0.39 is 6.04 Å². The molecule has 0 aliphatic carbocycles. The van der Waals surface area contributed by atoms with Gasteiger partial charge in [0, 0.05) is 23.3 Å². The molecule has 1 amide bonds. The number of nitrogens with one attached hydrogen (secondary N) is 2. The van der Waals surface area contributed by atoms with Crippen LogP contribution >= 0.6 is 0 Å². The van der Waals surface area contributed by atoms with E-state index in [0.29, 0.717) is 53.2 Å². The Bertz CT molecular complexity index is 1700. The minimum absolute atomic E-state index is 0.343. The predicted octanol–water partition coefficient (Wildman–Crippen LogP) is 6.34. The first kappa shape index (κ1) is 28.1. The van der Waals surface area contributed by atoms with Crippen molar-refractivity contribution in [3.05, 3.63) is 120 Å². The number of benzene rings is 4. The van der Waals surface area contributed by atoms with E-state index in [0.717, 1.165) is 22.6 Å². The van der Waals surface area contributed by atoms with Crippen molar-refractivity contribution in [1.82, 2.24) is 4.98 Å². The normalized spacial score (nSPS) is 11.4. The molecule has 0 unspecified atom stereocenters. The molecule has 1 heterocycles. The standard InChI is InChI=1S/C34H31N5O3/c1-2-41-32-19-30-28(18-31(32)39-34(40)29(36)17-23-9-5-3-6-10-23)33(25(20-35)21-37-30)38-26-13-15-27(16-14-26)42-22-24-11-7-4-8-12-24/h3-16,18-19,21,29H,2,17,22,36H2,1H3,(H,37,38)(H,39,40)/t29-/m0/s1. The molecule has 4 aromatic carbocycles. The molecule has 0 spiro atoms. The molecule has 210 valence electrons. The molecule has 0 saturated heterocycles. The second kappa shape index (κ2) is 13.3. The quantitative estimate of drug-likeness (QED) is 0.173. The van der Waals surface area contributed by atoms with Crippen molar-refractivity contribution >= 4 is 33.9 Å². The summed E-state index contributed by atoms with van der Waals surface area (Å²) in [5, 5.41) is 16.8. The Morgan fingerprint density at radius 1 is 0.952 bits per heavy atom. The molecule has 0 aliphatic rings. The number of aromatic nitrogens is 1. The number of nitriles is 1. The number of pyridine rings is 1. The highest BCUT2D eigenvalue weighted by atomic mass is 16.5. The van der Waals surface area contributed by atoms with Crippen LogP contribution in [0.4, 0.5) is 17.1 Å². The number of hydrogen-bond acceptors (Lipinski definition) is 7. The van der Waals surface area contributed by atoms with Crippen LogP contribution in [0.25, 0.3) is 10.9 Å². The molecule has 0 bridgehead atoms. The van der Waals surface area contributed by atoms with E-state index in [-0.39, 0.29) is 5.91 Å². The third kappa shape index (κ3) is 6.84. The zero-order chi connectivity index (χ0) is 29.3. The number of nitrogens with zero attached hydrogens (tertiary/aromatic N) is 2. The summed E-state index contributed by atoms with van der Waals surface area (Å²) >= 11 is 0. The largest absolute Gasteiger partial charge is 0.492 e. The van der Waals surface area contributed by atoms with E-state index in [1.807, 2.05) is 91.9 Å². The van der Waals surface area contributed by atoms with Crippen molar-refractivity contribution in [3.63, 3.8) is 0 Å². The first-order valence-corrected chi connectivity index (χ1v) is 13.7. The molecule has 0 saturated carbocycles. The number of amides is 1. The highest BCUT2D eigenvalue weighted by Crippen LogP contribution is 2.36. The summed E-state index contributed by atoms with van der Waals surface area (Å²) in [6.07, 6.45) is 1.91. The van der Waals surface area contributed by atoms with Gasteiger partial charge in [-0.3, -0.25) is 9.78 Å². The third-order valence-electron chi connectivity index (χ3n) is 6.65. The third-order valence-corrected chi connectivity index (χ3v) is 6.65. The van der Waals surface area contributed by atoms with Crippen molar-refractivity contribution in [2.24, 2.45) is 5.73 Å². The van der Waals surface area contributed by atoms with Crippen molar-refractivity contribution < 1.29 is 14.3 Å². The molecule has 0 aliphatic heterocycles. The topological polar surface area (TPSA) is 122 Å². The molecule has 8 nitrogen and oxygen atoms in total. The minimum atomic E-state index is -0.763. The van der Waals surface area contributed by atoms with Gasteiger partial charge >= 0.3 is 0 Å². The van der Waals surface area contributed by atoms with Gasteiger partial charge in [0.25, 0.3) is 0 Å². The SMILES string of the molecule is CCOc1cc2ncc(C#N)c(Nc3ccc(OCc4ccccc4)cc3)c2cc1NC(=O)[C@@H](N)Cc1ccccc1. The lowest BCUT2D eigenvalue weighted by atomic mass is 10.1. The van der Waals surface area contributed by atoms with Crippen LogP contribution in [0.5, 0.6) is 11.5 Å². The van der Waals surface area contributed by atoms with Gasteiger partial charge in [-0.2, -0.15) is 5.26 Å². The van der Waals surface area contributed by atoms with Crippen LogP contribution in [0.1, 0.15) is 23.6 Å². The monoisotopic (exact) mass is 557 g/mol. The van der Waals surface area contributed by atoms with Crippen LogP contribution in [0, 0.1) is 11.3 Å². The highest BCUT2D eigenvalue weighted by Gasteiger charge is 2.19. The van der Waals surface area contributed by atoms with Gasteiger partial charge in [-0.05, 0) is 54.8 Å². The number of anilines is 3. The number of carbonyl (C=O) groups is 1. The number of ether oxygens (including phenoxy) is 2. The van der Waals surface area contributed by atoms with E-state index >= 15 is 0 Å². The van der Waals surface area contributed by atoms with Gasteiger partial charge < -0.3 is 25.8 Å². The number of hydrogen-bond donors (Lipinski definition) is 3. The Labute approximate surface area is 244 Å². The Kier molecular flexibility index (Phi) is 8.92. The van der Waals surface area contributed by atoms with Gasteiger partial charge in [-0.15, -0.1) is 0 Å². The van der Waals surface area contributed by atoms with E-state index in [2.05, 4.69) is 21.7 Å². The zero-order valence-corrected chi connectivity index (χ0v) is 23.2. The minimum Gasteiger partial charge on any atom is -0.492 e. The van der Waals surface area contributed by atoms with Crippen molar-refractivity contribution in [1.29, 1.82) is 5.26 Å². The van der Waals surface area contributed by atoms with Gasteiger partial charge in [0.1, 0.15) is 24.2 Å². The molecule has 8 heteroatoms. The van der Waals surface area contributed by atoms with Gasteiger partial charge in [-0.1, -0.05) is 60.7 Å². The first-order valence-electron chi connectivity index (χ1n) is 13.7. The Balaban J connectivity index is 1.40. The summed E-state index contributed by atoms with van der Waals surface area (Å²) in [7, 11) is 0. The predicted molar refractivity (Wildman–Crippen MR) is 165 cm³/mol. The summed E-state index contributed by atoms with van der Waals surface area (Å²) in [6.45, 7) is 2.72. The molecule has 0 fully saturated rings. The molecule has 5 rings (SSSR count). The molecule has 1 atom stereocenters. The average Bonchev–Trinajstić information content (AvgIpc) is 3.02. The van der Waals surface area contributed by atoms with Gasteiger partial charge in [0.05, 0.1) is 35.1 Å². The van der Waals surface area contributed by atoms with E-state index in [1.54, 1.807) is 12.1 Å². The molecule has 42 heavy (non-hydrogen) atoms. The smallest absolute Gasteiger partial charge is 0.241 e. The van der Waals surface area contributed by atoms with Crippen LogP contribution in [-0.2, 0) is 17.8 Å². The van der Waals surface area contributed by atoms with Crippen LogP contribution in [0.15, 0.2) is 103 Å². The number of nitrogens with two attached hydrogens (primary N) is 1. The Morgan fingerprint density at radius 3 is 2.31 bits per heavy atom. The maximum absolute atomic E-state index is 13.1. The van der Waals surface area contributed by atoms with E-state index in [1.165, 1.54) is 6.20 Å². The maximum Gasteiger partial charge on any atom is 0.241 e. The van der Waals surface area contributed by atoms with Crippen molar-refractivity contribution in [2.45, 2.75) is 26.0 Å². The van der Waals surface area contributed by atoms with Gasteiger partial charge in [-0.25, -0.2) is 0 Å². The fourth-order valence-electron chi connectivity index (χ4n) is 4.52. The lowest BCUT2D eigenvalue weighted by Gasteiger charge is -2.18. The number of fused-ring (bicyclic) bond motifs is 1. The summed E-state index contributed by atoms with van der Waals surface area (Å²) in [6, 6.07) is 32.0. The van der Waals surface area contributed by atoms with Crippen LogP contribution in [0.2, 0.25) is 0 Å². The molecular formula is C34H31N5O3. The molecular weight excluding hydrogens is 526 g/mol. The van der Waals surface area contributed by atoms with Crippen LogP contribution in [0.3, 0.4) is 0 Å². The fourth-order valence-corrected chi connectivity index (χ4v) is 4.52. The van der Waals surface area contributed by atoms with Crippen LogP contribution < -0.4 is 25.8 Å². The van der Waals surface area contributed by atoms with Crippen molar-refractivity contribution in [2.75, 3.05) is 17.2 Å².